The number of rotatable bonds is 5. The molecule has 2 heterocycles. The number of hydrogen-bond acceptors (Lipinski definition) is 5. The number of aryl methyl sites for hydroxylation is 1. The van der Waals surface area contributed by atoms with E-state index in [2.05, 4.69) is 34.3 Å². The Morgan fingerprint density at radius 1 is 1.29 bits per heavy atom. The molecule has 1 saturated heterocycles. The highest BCUT2D eigenvalue weighted by atomic mass is 32.1. The van der Waals surface area contributed by atoms with E-state index in [1.54, 1.807) is 11.3 Å². The predicted octanol–water partition coefficient (Wildman–Crippen LogP) is 2.39. The fraction of sp³-hybridized carbons (Fsp3) is 0.833. The van der Waals surface area contributed by atoms with Gasteiger partial charge in [-0.15, -0.1) is 10.2 Å². The van der Waals surface area contributed by atoms with Gasteiger partial charge >= 0.3 is 0 Å². The first-order chi connectivity index (χ1) is 8.31. The molecule has 0 amide bonds. The molecule has 1 aliphatic heterocycles. The van der Waals surface area contributed by atoms with Crippen LogP contribution in [0.15, 0.2) is 0 Å². The molecule has 1 fully saturated rings. The zero-order chi connectivity index (χ0) is 12.1. The van der Waals surface area contributed by atoms with Crippen LogP contribution < -0.4 is 5.32 Å². The summed E-state index contributed by atoms with van der Waals surface area (Å²) in [4.78, 5) is 2.55. The molecule has 4 nitrogen and oxygen atoms in total. The maximum absolute atomic E-state index is 4.18. The third kappa shape index (κ3) is 3.64. The number of nitrogens with one attached hydrogen (secondary N) is 1. The fourth-order valence-corrected chi connectivity index (χ4v) is 3.00. The van der Waals surface area contributed by atoms with Crippen LogP contribution >= 0.6 is 11.3 Å². The highest BCUT2D eigenvalue weighted by Crippen LogP contribution is 2.20. The van der Waals surface area contributed by atoms with Gasteiger partial charge in [0.15, 0.2) is 0 Å². The van der Waals surface area contributed by atoms with Crippen LogP contribution in [0.1, 0.15) is 38.1 Å². The lowest BCUT2D eigenvalue weighted by Crippen LogP contribution is -2.39. The van der Waals surface area contributed by atoms with E-state index in [-0.39, 0.29) is 0 Å². The average molecular weight is 254 g/mol. The number of hydrogen-bond donors (Lipinski definition) is 1. The molecule has 2 rings (SSSR count). The number of anilines is 1. The minimum absolute atomic E-state index is 0.584. The standard InChI is InChI=1S/C12H22N4S/c1-3-7-16-8-5-10(6-9-16)13-12-15-14-11(4-2)17-12/h10H,3-9H2,1-2H3,(H,13,15). The van der Waals surface area contributed by atoms with Crippen LogP contribution in [-0.4, -0.2) is 40.8 Å². The molecule has 17 heavy (non-hydrogen) atoms. The maximum atomic E-state index is 4.18. The van der Waals surface area contributed by atoms with E-state index in [1.807, 2.05) is 0 Å². The highest BCUT2D eigenvalue weighted by molar-refractivity contribution is 7.15. The Kier molecular flexibility index (Phi) is 4.74. The summed E-state index contributed by atoms with van der Waals surface area (Å²) in [5.74, 6) is 0. The van der Waals surface area contributed by atoms with Crippen molar-refractivity contribution >= 4 is 16.5 Å². The molecule has 0 radical (unpaired) electrons. The Morgan fingerprint density at radius 3 is 2.65 bits per heavy atom. The van der Waals surface area contributed by atoms with Crippen LogP contribution in [0.3, 0.4) is 0 Å². The summed E-state index contributed by atoms with van der Waals surface area (Å²) in [7, 11) is 0. The molecule has 0 unspecified atom stereocenters. The van der Waals surface area contributed by atoms with Crippen LogP contribution in [0.4, 0.5) is 5.13 Å². The molecule has 5 heteroatoms. The first-order valence-electron chi connectivity index (χ1n) is 6.63. The first-order valence-corrected chi connectivity index (χ1v) is 7.44. The summed E-state index contributed by atoms with van der Waals surface area (Å²) in [5, 5.41) is 14.0. The number of nitrogens with zero attached hydrogens (tertiary/aromatic N) is 3. The molecule has 1 aliphatic rings. The minimum atomic E-state index is 0.584. The third-order valence-electron chi connectivity index (χ3n) is 3.22. The van der Waals surface area contributed by atoms with Crippen LogP contribution in [0.5, 0.6) is 0 Å². The molecule has 0 saturated carbocycles. The SMILES string of the molecule is CCCN1CCC(Nc2nnc(CC)s2)CC1. The van der Waals surface area contributed by atoms with E-state index in [0.29, 0.717) is 6.04 Å². The summed E-state index contributed by atoms with van der Waals surface area (Å²) in [5.41, 5.74) is 0. The van der Waals surface area contributed by atoms with Gasteiger partial charge in [0.2, 0.25) is 5.13 Å². The number of piperidine rings is 1. The van der Waals surface area contributed by atoms with Gasteiger partial charge in [0.25, 0.3) is 0 Å². The lowest BCUT2D eigenvalue weighted by atomic mass is 10.1. The molecule has 0 atom stereocenters. The highest BCUT2D eigenvalue weighted by Gasteiger charge is 2.19. The Labute approximate surface area is 107 Å². The Morgan fingerprint density at radius 2 is 2.06 bits per heavy atom. The van der Waals surface area contributed by atoms with Crippen molar-refractivity contribution in [3.63, 3.8) is 0 Å². The van der Waals surface area contributed by atoms with E-state index in [4.69, 9.17) is 0 Å². The van der Waals surface area contributed by atoms with Crippen molar-refractivity contribution in [2.24, 2.45) is 0 Å². The minimum Gasteiger partial charge on any atom is -0.357 e. The second kappa shape index (κ2) is 6.31. The zero-order valence-electron chi connectivity index (χ0n) is 10.8. The van der Waals surface area contributed by atoms with Crippen LogP contribution in [0.25, 0.3) is 0 Å². The molecular weight excluding hydrogens is 232 g/mol. The van der Waals surface area contributed by atoms with Crippen LogP contribution in [0, 0.1) is 0 Å². The molecule has 0 bridgehead atoms. The van der Waals surface area contributed by atoms with Crippen molar-refractivity contribution in [3.8, 4) is 0 Å². The summed E-state index contributed by atoms with van der Waals surface area (Å²) in [6.07, 6.45) is 4.69. The van der Waals surface area contributed by atoms with Gasteiger partial charge in [0, 0.05) is 19.1 Å². The summed E-state index contributed by atoms with van der Waals surface area (Å²) < 4.78 is 0. The first kappa shape index (κ1) is 12.8. The lowest BCUT2D eigenvalue weighted by Gasteiger charge is -2.31. The van der Waals surface area contributed by atoms with Gasteiger partial charge in [0.1, 0.15) is 5.01 Å². The third-order valence-corrected chi connectivity index (χ3v) is 4.22. The number of likely N-dealkylation sites (tertiary alicyclic amines) is 1. The second-order valence-corrected chi connectivity index (χ2v) is 5.68. The second-order valence-electron chi connectivity index (χ2n) is 4.61. The summed E-state index contributed by atoms with van der Waals surface area (Å²) in [6, 6.07) is 0.584. The Hall–Kier alpha value is -0.680. The van der Waals surface area contributed by atoms with Crippen molar-refractivity contribution < 1.29 is 0 Å². The van der Waals surface area contributed by atoms with E-state index in [1.165, 1.54) is 38.9 Å². The van der Waals surface area contributed by atoms with Crippen molar-refractivity contribution in [2.45, 2.75) is 45.6 Å². The average Bonchev–Trinajstić information content (AvgIpc) is 2.80. The van der Waals surface area contributed by atoms with E-state index >= 15 is 0 Å². The summed E-state index contributed by atoms with van der Waals surface area (Å²) >= 11 is 1.69. The van der Waals surface area contributed by atoms with Crippen molar-refractivity contribution in [2.75, 3.05) is 25.0 Å². The van der Waals surface area contributed by atoms with Gasteiger partial charge in [-0.05, 0) is 32.2 Å². The van der Waals surface area contributed by atoms with Crippen LogP contribution in [-0.2, 0) is 6.42 Å². The molecule has 96 valence electrons. The van der Waals surface area contributed by atoms with E-state index in [0.717, 1.165) is 16.6 Å². The molecule has 0 aliphatic carbocycles. The Balaban J connectivity index is 1.77. The fourth-order valence-electron chi connectivity index (χ4n) is 2.25. The molecule has 1 N–H and O–H groups in total. The quantitative estimate of drug-likeness (QED) is 0.876. The van der Waals surface area contributed by atoms with Crippen LogP contribution in [0.2, 0.25) is 0 Å². The lowest BCUT2D eigenvalue weighted by molar-refractivity contribution is 0.219. The normalized spacial score (nSPS) is 18.5. The topological polar surface area (TPSA) is 41.0 Å². The van der Waals surface area contributed by atoms with Crippen molar-refractivity contribution in [3.05, 3.63) is 5.01 Å². The molecule has 1 aromatic rings. The van der Waals surface area contributed by atoms with Gasteiger partial charge in [-0.25, -0.2) is 0 Å². The molecule has 0 aromatic carbocycles. The van der Waals surface area contributed by atoms with Gasteiger partial charge in [0.05, 0.1) is 0 Å². The van der Waals surface area contributed by atoms with Gasteiger partial charge in [-0.3, -0.25) is 0 Å². The van der Waals surface area contributed by atoms with Gasteiger partial charge < -0.3 is 10.2 Å². The largest absolute Gasteiger partial charge is 0.357 e. The van der Waals surface area contributed by atoms with E-state index in [9.17, 15) is 0 Å². The molecular formula is C12H22N4S. The van der Waals surface area contributed by atoms with E-state index < -0.39 is 0 Å². The Bertz CT molecular complexity index is 331. The van der Waals surface area contributed by atoms with Crippen molar-refractivity contribution in [1.82, 2.24) is 15.1 Å². The molecule has 0 spiro atoms. The number of aromatic nitrogens is 2. The van der Waals surface area contributed by atoms with Gasteiger partial charge in [-0.2, -0.15) is 0 Å². The van der Waals surface area contributed by atoms with Gasteiger partial charge in [-0.1, -0.05) is 25.2 Å². The zero-order valence-corrected chi connectivity index (χ0v) is 11.6. The predicted molar refractivity (Wildman–Crippen MR) is 72.7 cm³/mol. The smallest absolute Gasteiger partial charge is 0.205 e. The monoisotopic (exact) mass is 254 g/mol. The van der Waals surface area contributed by atoms with Crippen molar-refractivity contribution in [1.29, 1.82) is 0 Å². The summed E-state index contributed by atoms with van der Waals surface area (Å²) in [6.45, 7) is 8.03. The molecule has 1 aromatic heterocycles. The maximum Gasteiger partial charge on any atom is 0.205 e.